The van der Waals surface area contributed by atoms with Crippen LogP contribution < -0.4 is 4.90 Å². The lowest BCUT2D eigenvalue weighted by molar-refractivity contribution is 0.871. The molecule has 0 unspecified atom stereocenters. The van der Waals surface area contributed by atoms with Crippen molar-refractivity contribution < 1.29 is 0 Å². The molecule has 20 heavy (non-hydrogen) atoms. The second kappa shape index (κ2) is 5.26. The summed E-state index contributed by atoms with van der Waals surface area (Å²) >= 11 is 0. The molecule has 3 rings (SSSR count). The quantitative estimate of drug-likeness (QED) is 0.700. The fourth-order valence-electron chi connectivity index (χ4n) is 1.71. The first-order valence-corrected chi connectivity index (χ1v) is 5.82. The lowest BCUT2D eigenvalue weighted by atomic mass is 10.1. The van der Waals surface area contributed by atoms with Crippen LogP contribution >= 0.6 is 0 Å². The summed E-state index contributed by atoms with van der Waals surface area (Å²) in [6.45, 7) is 4.22. The number of rotatable bonds is 5. The third kappa shape index (κ3) is 2.36. The summed E-state index contributed by atoms with van der Waals surface area (Å²) < 4.78 is 0. The van der Waals surface area contributed by atoms with Crippen molar-refractivity contribution in [3.8, 4) is 0 Å². The van der Waals surface area contributed by atoms with Gasteiger partial charge in [0.25, 0.3) is 11.9 Å². The minimum Gasteiger partial charge on any atom is -0.269 e. The first kappa shape index (κ1) is 12.0. The van der Waals surface area contributed by atoms with Gasteiger partial charge in [0.2, 0.25) is 0 Å². The Morgan fingerprint density at radius 1 is 1.00 bits per heavy atom. The molecule has 0 spiro atoms. The zero-order valence-electron chi connectivity index (χ0n) is 10.4. The number of nitrogens with one attached hydrogen (secondary N) is 2. The van der Waals surface area contributed by atoms with Crippen molar-refractivity contribution in [3.63, 3.8) is 0 Å². The lowest BCUT2D eigenvalue weighted by Crippen LogP contribution is -2.19. The topological polar surface area (TPSA) is 112 Å². The predicted molar refractivity (Wildman–Crippen MR) is 70.7 cm³/mol. The van der Waals surface area contributed by atoms with Crippen molar-refractivity contribution in [1.29, 1.82) is 0 Å². The second-order valence-electron chi connectivity index (χ2n) is 3.96. The summed E-state index contributed by atoms with van der Waals surface area (Å²) in [7, 11) is 0. The van der Waals surface area contributed by atoms with Crippen molar-refractivity contribution in [1.82, 2.24) is 41.2 Å². The van der Waals surface area contributed by atoms with E-state index in [1.54, 1.807) is 11.0 Å². The van der Waals surface area contributed by atoms with E-state index in [1.807, 2.05) is 24.3 Å². The van der Waals surface area contributed by atoms with E-state index >= 15 is 0 Å². The van der Waals surface area contributed by atoms with E-state index in [0.29, 0.717) is 18.4 Å². The van der Waals surface area contributed by atoms with Gasteiger partial charge in [0.15, 0.2) is 0 Å². The Kier molecular flexibility index (Phi) is 3.15. The molecule has 2 heterocycles. The average molecular weight is 269 g/mol. The van der Waals surface area contributed by atoms with Crippen LogP contribution in [0, 0.1) is 0 Å². The fraction of sp³-hybridized carbons (Fsp3) is 0.0909. The molecule has 0 saturated heterocycles. The normalized spacial score (nSPS) is 10.4. The van der Waals surface area contributed by atoms with Crippen LogP contribution in [0.2, 0.25) is 0 Å². The van der Waals surface area contributed by atoms with Crippen LogP contribution in [0.4, 0.5) is 11.9 Å². The van der Waals surface area contributed by atoms with Gasteiger partial charge in [-0.1, -0.05) is 47.1 Å². The summed E-state index contributed by atoms with van der Waals surface area (Å²) in [4.78, 5) is 1.69. The molecular weight excluding hydrogens is 258 g/mol. The number of hydrogen-bond acceptors (Lipinski definition) is 7. The molecule has 0 aliphatic carbocycles. The number of hydrogen-bond donors (Lipinski definition) is 2. The highest BCUT2D eigenvalue weighted by atomic mass is 15.6. The highest BCUT2D eigenvalue weighted by molar-refractivity contribution is 5.49. The molecule has 0 bridgehead atoms. The Labute approximate surface area is 113 Å². The van der Waals surface area contributed by atoms with Crippen LogP contribution in [0.15, 0.2) is 30.8 Å². The number of tetrazole rings is 2. The summed E-state index contributed by atoms with van der Waals surface area (Å²) in [6.07, 6.45) is 1.79. The fourth-order valence-corrected chi connectivity index (χ4v) is 1.71. The Morgan fingerprint density at radius 3 is 2.05 bits per heavy atom. The van der Waals surface area contributed by atoms with E-state index < -0.39 is 0 Å². The highest BCUT2D eigenvalue weighted by Crippen LogP contribution is 2.19. The number of anilines is 2. The molecule has 0 aliphatic heterocycles. The number of H-pyrrole nitrogens is 2. The molecule has 0 radical (unpaired) electrons. The lowest BCUT2D eigenvalue weighted by Gasteiger charge is -2.15. The van der Waals surface area contributed by atoms with E-state index in [2.05, 4.69) is 47.8 Å². The molecule has 2 N–H and O–H groups in total. The maximum Gasteiger partial charge on any atom is 0.272 e. The standard InChI is InChI=1S/C11H11N9/c1-2-8-3-5-9(6-4-8)7-20(10-12-16-17-13-10)11-14-18-19-15-11/h2-6H,1,7H2,(H,12,13,16,17)(H,14,15,18,19). The van der Waals surface area contributed by atoms with Gasteiger partial charge in [-0.25, -0.2) is 0 Å². The van der Waals surface area contributed by atoms with Crippen LogP contribution in [0.25, 0.3) is 6.08 Å². The van der Waals surface area contributed by atoms with Crippen LogP contribution in [0.5, 0.6) is 0 Å². The van der Waals surface area contributed by atoms with Gasteiger partial charge in [-0.05, 0) is 21.6 Å². The molecular formula is C11H11N9. The second-order valence-corrected chi connectivity index (χ2v) is 3.96. The van der Waals surface area contributed by atoms with Gasteiger partial charge in [-0.15, -0.1) is 10.2 Å². The maximum absolute atomic E-state index is 3.94. The Hall–Kier alpha value is -3.10. The third-order valence-corrected chi connectivity index (χ3v) is 2.71. The van der Waals surface area contributed by atoms with Crippen molar-refractivity contribution in [2.45, 2.75) is 6.54 Å². The number of nitrogens with zero attached hydrogens (tertiary/aromatic N) is 7. The zero-order chi connectivity index (χ0) is 13.8. The molecule has 9 nitrogen and oxygen atoms in total. The molecule has 1 aromatic carbocycles. The van der Waals surface area contributed by atoms with Crippen LogP contribution in [-0.4, -0.2) is 41.2 Å². The minimum absolute atomic E-state index is 0.374. The molecule has 2 aromatic heterocycles. The molecule has 0 saturated carbocycles. The van der Waals surface area contributed by atoms with E-state index in [-0.39, 0.29) is 0 Å². The predicted octanol–water partition coefficient (Wildman–Crippen LogP) is 0.694. The summed E-state index contributed by atoms with van der Waals surface area (Å²) in [5.41, 5.74) is 2.10. The van der Waals surface area contributed by atoms with Crippen LogP contribution in [0.3, 0.4) is 0 Å². The summed E-state index contributed by atoms with van der Waals surface area (Å²) in [5.74, 6) is 0.749. The van der Waals surface area contributed by atoms with Gasteiger partial charge in [-0.3, -0.25) is 4.90 Å². The van der Waals surface area contributed by atoms with Crippen molar-refractivity contribution >= 4 is 18.0 Å². The van der Waals surface area contributed by atoms with Gasteiger partial charge in [0, 0.05) is 0 Å². The minimum atomic E-state index is 0.374. The largest absolute Gasteiger partial charge is 0.272 e. The van der Waals surface area contributed by atoms with Crippen molar-refractivity contribution in [3.05, 3.63) is 42.0 Å². The summed E-state index contributed by atoms with van der Waals surface area (Å²) in [6, 6.07) is 7.94. The smallest absolute Gasteiger partial charge is 0.269 e. The molecule has 3 aromatic rings. The Morgan fingerprint density at radius 2 is 1.60 bits per heavy atom. The average Bonchev–Trinajstić information content (AvgIpc) is 3.19. The molecule has 9 heteroatoms. The zero-order valence-corrected chi connectivity index (χ0v) is 10.4. The SMILES string of the molecule is C=Cc1ccc(CN(c2nn[nH]n2)c2nn[nH]n2)cc1. The maximum atomic E-state index is 3.94. The van der Waals surface area contributed by atoms with Gasteiger partial charge >= 0.3 is 0 Å². The molecule has 0 fully saturated rings. The van der Waals surface area contributed by atoms with Crippen LogP contribution in [-0.2, 0) is 6.54 Å². The number of aromatic amines is 2. The van der Waals surface area contributed by atoms with Gasteiger partial charge < -0.3 is 0 Å². The molecule has 100 valence electrons. The first-order valence-electron chi connectivity index (χ1n) is 5.82. The monoisotopic (exact) mass is 269 g/mol. The highest BCUT2D eigenvalue weighted by Gasteiger charge is 2.18. The first-order chi connectivity index (χ1) is 9.86. The van der Waals surface area contributed by atoms with E-state index in [9.17, 15) is 0 Å². The van der Waals surface area contributed by atoms with Crippen molar-refractivity contribution in [2.75, 3.05) is 4.90 Å². The Bertz CT molecular complexity index is 622. The van der Waals surface area contributed by atoms with E-state index in [0.717, 1.165) is 11.1 Å². The van der Waals surface area contributed by atoms with Gasteiger partial charge in [0.05, 0.1) is 6.54 Å². The van der Waals surface area contributed by atoms with Gasteiger partial charge in [0.1, 0.15) is 0 Å². The van der Waals surface area contributed by atoms with Crippen molar-refractivity contribution in [2.24, 2.45) is 0 Å². The number of aromatic nitrogens is 8. The molecule has 0 amide bonds. The number of benzene rings is 1. The van der Waals surface area contributed by atoms with E-state index in [1.165, 1.54) is 0 Å². The summed E-state index contributed by atoms with van der Waals surface area (Å²) in [5, 5.41) is 27.7. The van der Waals surface area contributed by atoms with Crippen LogP contribution in [0.1, 0.15) is 11.1 Å². The van der Waals surface area contributed by atoms with E-state index in [4.69, 9.17) is 0 Å². The Balaban J connectivity index is 1.88. The third-order valence-electron chi connectivity index (χ3n) is 2.71. The van der Waals surface area contributed by atoms with Gasteiger partial charge in [-0.2, -0.15) is 10.4 Å². The molecule has 0 atom stereocenters. The molecule has 0 aliphatic rings.